The van der Waals surface area contributed by atoms with E-state index < -0.39 is 0 Å². The van der Waals surface area contributed by atoms with Crippen molar-refractivity contribution in [2.24, 2.45) is 5.92 Å². The minimum Gasteiger partial charge on any atom is -0.493 e. The van der Waals surface area contributed by atoms with Gasteiger partial charge in [-0.3, -0.25) is 0 Å². The predicted octanol–water partition coefficient (Wildman–Crippen LogP) is 3.51. The first-order chi connectivity index (χ1) is 9.65. The molecule has 114 valence electrons. The van der Waals surface area contributed by atoms with Crippen LogP contribution in [0.3, 0.4) is 0 Å². The molecule has 0 radical (unpaired) electrons. The second-order valence-corrected chi connectivity index (χ2v) is 6.47. The van der Waals surface area contributed by atoms with E-state index in [9.17, 15) is 0 Å². The van der Waals surface area contributed by atoms with Crippen molar-refractivity contribution in [2.45, 2.75) is 18.4 Å². The maximum absolute atomic E-state index is 5.38. The molecule has 0 heterocycles. The van der Waals surface area contributed by atoms with Crippen LogP contribution in [0.5, 0.6) is 11.5 Å². The lowest BCUT2D eigenvalue weighted by Crippen LogP contribution is -2.22. The summed E-state index contributed by atoms with van der Waals surface area (Å²) in [5.74, 6) is 3.45. The highest BCUT2D eigenvalue weighted by Gasteiger charge is 2.11. The molecule has 0 aliphatic rings. The van der Waals surface area contributed by atoms with E-state index >= 15 is 0 Å². The van der Waals surface area contributed by atoms with Gasteiger partial charge < -0.3 is 14.8 Å². The molecule has 0 aliphatic heterocycles. The minimum atomic E-state index is 0.683. The number of hydrogen-bond donors (Lipinski definition) is 1. The minimum absolute atomic E-state index is 0.683. The molecule has 0 amide bonds. The molecule has 3 nitrogen and oxygen atoms in total. The molecule has 5 heteroatoms. The lowest BCUT2D eigenvalue weighted by atomic mass is 10.1. The van der Waals surface area contributed by atoms with Crippen molar-refractivity contribution >= 4 is 23.5 Å². The molecule has 20 heavy (non-hydrogen) atoms. The van der Waals surface area contributed by atoms with Crippen LogP contribution in [0.2, 0.25) is 0 Å². The molecule has 1 aromatic carbocycles. The molecule has 0 aliphatic carbocycles. The van der Waals surface area contributed by atoms with Crippen LogP contribution >= 0.6 is 23.5 Å². The molecule has 0 saturated heterocycles. The highest BCUT2D eigenvalue weighted by atomic mass is 32.2. The zero-order valence-electron chi connectivity index (χ0n) is 13.0. The Morgan fingerprint density at radius 3 is 2.35 bits per heavy atom. The standard InChI is InChI=1S/C15H25NO2S2/c1-11(10-19-4)8-16-9-12-6-13(17-2)14(18-3)7-15(12)20-5/h6-7,11,16H,8-10H2,1-5H3. The normalized spacial score (nSPS) is 12.2. The highest BCUT2D eigenvalue weighted by molar-refractivity contribution is 7.98. The molecule has 1 N–H and O–H groups in total. The van der Waals surface area contributed by atoms with Crippen LogP contribution in [0.1, 0.15) is 12.5 Å². The van der Waals surface area contributed by atoms with E-state index in [1.165, 1.54) is 16.2 Å². The Morgan fingerprint density at radius 1 is 1.15 bits per heavy atom. The van der Waals surface area contributed by atoms with Gasteiger partial charge in [0.2, 0.25) is 0 Å². The summed E-state index contributed by atoms with van der Waals surface area (Å²) in [6.07, 6.45) is 4.23. The Morgan fingerprint density at radius 2 is 1.80 bits per heavy atom. The molecule has 1 aromatic rings. The Kier molecular flexibility index (Phi) is 8.26. The number of methoxy groups -OCH3 is 2. The summed E-state index contributed by atoms with van der Waals surface area (Å²) in [6, 6.07) is 4.11. The quantitative estimate of drug-likeness (QED) is 0.705. The van der Waals surface area contributed by atoms with Crippen LogP contribution in [-0.2, 0) is 6.54 Å². The van der Waals surface area contributed by atoms with Crippen molar-refractivity contribution in [2.75, 3.05) is 39.0 Å². The molecule has 0 bridgehead atoms. The van der Waals surface area contributed by atoms with E-state index in [0.29, 0.717) is 5.92 Å². The van der Waals surface area contributed by atoms with E-state index in [1.807, 2.05) is 17.8 Å². The molecule has 1 unspecified atom stereocenters. The lowest BCUT2D eigenvalue weighted by Gasteiger charge is -2.15. The Labute approximate surface area is 131 Å². The summed E-state index contributed by atoms with van der Waals surface area (Å²) < 4.78 is 10.7. The van der Waals surface area contributed by atoms with Crippen LogP contribution in [0.4, 0.5) is 0 Å². The second kappa shape index (κ2) is 9.42. The summed E-state index contributed by atoms with van der Waals surface area (Å²) in [5, 5.41) is 3.53. The summed E-state index contributed by atoms with van der Waals surface area (Å²) in [7, 11) is 3.35. The monoisotopic (exact) mass is 315 g/mol. The van der Waals surface area contributed by atoms with Crippen molar-refractivity contribution in [1.82, 2.24) is 5.32 Å². The number of hydrogen-bond acceptors (Lipinski definition) is 5. The summed E-state index contributed by atoms with van der Waals surface area (Å²) in [4.78, 5) is 1.23. The molecule has 0 saturated carbocycles. The lowest BCUT2D eigenvalue weighted by molar-refractivity contribution is 0.353. The van der Waals surface area contributed by atoms with E-state index in [4.69, 9.17) is 9.47 Å². The van der Waals surface area contributed by atoms with E-state index in [0.717, 1.165) is 24.6 Å². The fourth-order valence-electron chi connectivity index (χ4n) is 2.03. The predicted molar refractivity (Wildman–Crippen MR) is 90.6 cm³/mol. The van der Waals surface area contributed by atoms with Crippen molar-refractivity contribution in [3.63, 3.8) is 0 Å². The van der Waals surface area contributed by atoms with Crippen LogP contribution in [-0.4, -0.2) is 39.0 Å². The Bertz CT molecular complexity index is 413. The molecule has 1 atom stereocenters. The Balaban J connectivity index is 2.73. The third kappa shape index (κ3) is 5.11. The number of nitrogens with one attached hydrogen (secondary N) is 1. The van der Waals surface area contributed by atoms with Crippen molar-refractivity contribution in [3.8, 4) is 11.5 Å². The van der Waals surface area contributed by atoms with Crippen LogP contribution in [0.25, 0.3) is 0 Å². The number of thioether (sulfide) groups is 2. The van der Waals surface area contributed by atoms with Crippen LogP contribution in [0, 0.1) is 5.92 Å². The maximum atomic E-state index is 5.38. The van der Waals surface area contributed by atoms with E-state index in [2.05, 4.69) is 30.8 Å². The molecule has 1 rings (SSSR count). The summed E-state index contributed by atoms with van der Waals surface area (Å²) in [5.41, 5.74) is 1.26. The average molecular weight is 316 g/mol. The van der Waals surface area contributed by atoms with Gasteiger partial charge in [-0.2, -0.15) is 11.8 Å². The van der Waals surface area contributed by atoms with Gasteiger partial charge in [0, 0.05) is 11.4 Å². The Hall–Kier alpha value is -0.520. The molecule has 0 spiro atoms. The van der Waals surface area contributed by atoms with Gasteiger partial charge in [0.1, 0.15) is 0 Å². The fraction of sp³-hybridized carbons (Fsp3) is 0.600. The third-order valence-corrected chi connectivity index (χ3v) is 4.77. The molecule has 0 aromatic heterocycles. The zero-order valence-corrected chi connectivity index (χ0v) is 14.6. The van der Waals surface area contributed by atoms with Gasteiger partial charge in [-0.15, -0.1) is 11.8 Å². The van der Waals surface area contributed by atoms with Crippen molar-refractivity contribution in [3.05, 3.63) is 17.7 Å². The van der Waals surface area contributed by atoms with Crippen molar-refractivity contribution < 1.29 is 9.47 Å². The van der Waals surface area contributed by atoms with Gasteiger partial charge in [0.05, 0.1) is 14.2 Å². The molecule has 0 fully saturated rings. The van der Waals surface area contributed by atoms with Gasteiger partial charge in [-0.25, -0.2) is 0 Å². The summed E-state index contributed by atoms with van der Waals surface area (Å²) >= 11 is 3.63. The van der Waals surface area contributed by atoms with Crippen LogP contribution in [0.15, 0.2) is 17.0 Å². The van der Waals surface area contributed by atoms with Crippen LogP contribution < -0.4 is 14.8 Å². The third-order valence-electron chi connectivity index (χ3n) is 3.05. The summed E-state index contributed by atoms with van der Waals surface area (Å²) in [6.45, 7) is 4.16. The fourth-order valence-corrected chi connectivity index (χ4v) is 3.33. The van der Waals surface area contributed by atoms with E-state index in [-0.39, 0.29) is 0 Å². The average Bonchev–Trinajstić information content (AvgIpc) is 2.46. The second-order valence-electron chi connectivity index (χ2n) is 4.71. The maximum Gasteiger partial charge on any atom is 0.161 e. The van der Waals surface area contributed by atoms with Gasteiger partial charge in [0.25, 0.3) is 0 Å². The number of ether oxygens (including phenoxy) is 2. The first-order valence-corrected chi connectivity index (χ1v) is 9.26. The highest BCUT2D eigenvalue weighted by Crippen LogP contribution is 2.34. The van der Waals surface area contributed by atoms with Gasteiger partial charge in [0.15, 0.2) is 11.5 Å². The number of rotatable bonds is 9. The smallest absolute Gasteiger partial charge is 0.161 e. The van der Waals surface area contributed by atoms with Gasteiger partial charge in [-0.05, 0) is 48.4 Å². The first kappa shape index (κ1) is 17.5. The molecular weight excluding hydrogens is 290 g/mol. The number of benzene rings is 1. The first-order valence-electron chi connectivity index (χ1n) is 6.64. The van der Waals surface area contributed by atoms with E-state index in [1.54, 1.807) is 26.0 Å². The van der Waals surface area contributed by atoms with Gasteiger partial charge >= 0.3 is 0 Å². The molecular formula is C15H25NO2S2. The van der Waals surface area contributed by atoms with Gasteiger partial charge in [-0.1, -0.05) is 6.92 Å². The topological polar surface area (TPSA) is 30.5 Å². The zero-order chi connectivity index (χ0) is 15.0. The SMILES string of the molecule is COc1cc(CNCC(C)CSC)c(SC)cc1OC. The van der Waals surface area contributed by atoms with Crippen molar-refractivity contribution in [1.29, 1.82) is 0 Å². The largest absolute Gasteiger partial charge is 0.493 e.